The van der Waals surface area contributed by atoms with E-state index in [9.17, 15) is 22.8 Å². The highest BCUT2D eigenvalue weighted by Gasteiger charge is 2.46. The molecule has 2 amide bonds. The smallest absolute Gasteiger partial charge is 0.321 e. The highest BCUT2D eigenvalue weighted by atomic mass is 19.3. The number of nitrogens with one attached hydrogen (secondary N) is 1. The van der Waals surface area contributed by atoms with Gasteiger partial charge in [0.15, 0.2) is 0 Å². The summed E-state index contributed by atoms with van der Waals surface area (Å²) in [5.74, 6) is -5.95. The first-order chi connectivity index (χ1) is 15.1. The molecule has 32 heavy (non-hydrogen) atoms. The lowest BCUT2D eigenvalue weighted by Crippen LogP contribution is -2.46. The minimum atomic E-state index is -3.65. The number of carbonyl (C=O) groups excluding carboxylic acids is 2. The third-order valence-electron chi connectivity index (χ3n) is 5.57. The molecule has 1 aliphatic rings. The molecule has 10 heteroatoms. The van der Waals surface area contributed by atoms with Crippen LogP contribution in [0.5, 0.6) is 5.75 Å². The van der Waals surface area contributed by atoms with Crippen LogP contribution in [0.25, 0.3) is 10.9 Å². The molecule has 1 aromatic heterocycles. The molecule has 0 spiro atoms. The first kappa shape index (κ1) is 21.7. The quantitative estimate of drug-likeness (QED) is 0.652. The van der Waals surface area contributed by atoms with Crippen LogP contribution >= 0.6 is 0 Å². The van der Waals surface area contributed by atoms with Crippen LogP contribution < -0.4 is 15.0 Å². The second kappa shape index (κ2) is 7.85. The number of benzene rings is 2. The number of aryl methyl sites for hydroxylation is 1. The summed E-state index contributed by atoms with van der Waals surface area (Å²) < 4.78 is 48.9. The van der Waals surface area contributed by atoms with Crippen LogP contribution in [0.15, 0.2) is 42.6 Å². The number of halogens is 3. The second-order valence-electron chi connectivity index (χ2n) is 7.78. The average Bonchev–Trinajstić information content (AvgIpc) is 3.26. The van der Waals surface area contributed by atoms with E-state index in [1.807, 2.05) is 0 Å². The Hall–Kier alpha value is -3.56. The van der Waals surface area contributed by atoms with E-state index in [0.717, 1.165) is 10.9 Å². The second-order valence-corrected chi connectivity index (χ2v) is 7.78. The van der Waals surface area contributed by atoms with Gasteiger partial charge < -0.3 is 15.0 Å². The highest BCUT2D eigenvalue weighted by Crippen LogP contribution is 2.40. The maximum Gasteiger partial charge on any atom is 0.321 e. The zero-order valence-electron chi connectivity index (χ0n) is 17.6. The molecule has 1 N–H and O–H groups in total. The van der Waals surface area contributed by atoms with E-state index in [2.05, 4.69) is 10.4 Å². The zero-order valence-corrected chi connectivity index (χ0v) is 17.6. The van der Waals surface area contributed by atoms with Gasteiger partial charge in [0.25, 0.3) is 5.91 Å². The van der Waals surface area contributed by atoms with Crippen LogP contribution in [0.4, 0.5) is 18.9 Å². The maximum atomic E-state index is 14.9. The van der Waals surface area contributed by atoms with E-state index < -0.39 is 35.6 Å². The third-order valence-corrected chi connectivity index (χ3v) is 5.57. The van der Waals surface area contributed by atoms with Crippen molar-refractivity contribution >= 4 is 28.4 Å². The predicted octanol–water partition coefficient (Wildman–Crippen LogP) is 3.34. The van der Waals surface area contributed by atoms with E-state index in [4.69, 9.17) is 4.74 Å². The number of nitrogens with zero attached hydrogens (tertiary/aromatic N) is 3. The Balaban J connectivity index is 1.83. The number of hydrogen-bond acceptors (Lipinski definition) is 4. The first-order valence-corrected chi connectivity index (χ1v) is 9.86. The normalized spacial score (nSPS) is 18.9. The van der Waals surface area contributed by atoms with Crippen molar-refractivity contribution in [3.63, 3.8) is 0 Å². The topological polar surface area (TPSA) is 76.5 Å². The number of amides is 2. The molecule has 2 aromatic carbocycles. The predicted molar refractivity (Wildman–Crippen MR) is 111 cm³/mol. The van der Waals surface area contributed by atoms with Crippen molar-refractivity contribution in [2.24, 2.45) is 7.05 Å². The first-order valence-electron chi connectivity index (χ1n) is 9.86. The molecule has 0 unspecified atom stereocenters. The molecule has 1 fully saturated rings. The van der Waals surface area contributed by atoms with Crippen molar-refractivity contribution in [1.82, 2.24) is 15.1 Å². The fourth-order valence-corrected chi connectivity index (χ4v) is 4.00. The number of hydrogen-bond donors (Lipinski definition) is 1. The lowest BCUT2D eigenvalue weighted by molar-refractivity contribution is -0.143. The van der Waals surface area contributed by atoms with Crippen LogP contribution in [0, 0.1) is 5.82 Å². The number of fused-ring (bicyclic) bond motifs is 1. The van der Waals surface area contributed by atoms with Crippen molar-refractivity contribution in [3.8, 4) is 5.75 Å². The summed E-state index contributed by atoms with van der Waals surface area (Å²) in [5, 5.41) is 7.15. The Labute approximate surface area is 181 Å². The largest absolute Gasteiger partial charge is 0.497 e. The van der Waals surface area contributed by atoms with Gasteiger partial charge >= 0.3 is 5.92 Å². The summed E-state index contributed by atoms with van der Waals surface area (Å²) in [6, 6.07) is 7.00. The fourth-order valence-electron chi connectivity index (χ4n) is 4.00. The van der Waals surface area contributed by atoms with Crippen LogP contribution in [-0.4, -0.2) is 40.7 Å². The van der Waals surface area contributed by atoms with Gasteiger partial charge in [-0.1, -0.05) is 0 Å². The molecular formula is C22H21F3N4O3. The Morgan fingerprint density at radius 1 is 1.25 bits per heavy atom. The molecule has 1 saturated heterocycles. The molecule has 2 heterocycles. The van der Waals surface area contributed by atoms with Gasteiger partial charge in [-0.05, 0) is 36.4 Å². The van der Waals surface area contributed by atoms with E-state index in [-0.39, 0.29) is 12.0 Å². The number of methoxy groups -OCH3 is 1. The van der Waals surface area contributed by atoms with E-state index in [1.165, 1.54) is 30.2 Å². The SMILES string of the molecule is COc1ccc(F)c([C@@H]2[C@@H](NC(=O)C(C)(F)F)CC(=O)N2c2ccc3c(cnn3C)c2)c1. The molecular weight excluding hydrogens is 425 g/mol. The number of alkyl halides is 2. The lowest BCUT2D eigenvalue weighted by Gasteiger charge is -2.30. The number of rotatable bonds is 5. The molecule has 1 aliphatic heterocycles. The molecule has 3 aromatic rings. The minimum Gasteiger partial charge on any atom is -0.497 e. The van der Waals surface area contributed by atoms with Gasteiger partial charge in [-0.15, -0.1) is 0 Å². The Morgan fingerprint density at radius 3 is 2.69 bits per heavy atom. The summed E-state index contributed by atoms with van der Waals surface area (Å²) in [4.78, 5) is 26.4. The lowest BCUT2D eigenvalue weighted by atomic mass is 9.98. The van der Waals surface area contributed by atoms with Crippen LogP contribution in [0.3, 0.4) is 0 Å². The monoisotopic (exact) mass is 446 g/mol. The Kier molecular flexibility index (Phi) is 5.31. The van der Waals surface area contributed by atoms with Gasteiger partial charge in [0, 0.05) is 37.0 Å². The van der Waals surface area contributed by atoms with E-state index in [0.29, 0.717) is 18.4 Å². The maximum absolute atomic E-state index is 14.9. The standard InChI is InChI=1S/C22H21F3N4O3/c1-22(24,25)21(31)27-17-10-19(30)29(13-4-7-18-12(8-13)11-26-28(18)2)20(17)15-9-14(32-3)5-6-16(15)23/h4-9,11,17,20H,10H2,1-3H3,(H,27,31)/t17-,20+/m0/s1. The Morgan fingerprint density at radius 2 is 2.00 bits per heavy atom. The van der Waals surface area contributed by atoms with Crippen molar-refractivity contribution in [1.29, 1.82) is 0 Å². The van der Waals surface area contributed by atoms with Crippen molar-refractivity contribution in [3.05, 3.63) is 54.0 Å². The molecule has 7 nitrogen and oxygen atoms in total. The Bertz CT molecular complexity index is 1200. The molecule has 4 rings (SSSR count). The van der Waals surface area contributed by atoms with Gasteiger partial charge in [0.2, 0.25) is 5.91 Å². The highest BCUT2D eigenvalue weighted by molar-refractivity contribution is 6.00. The summed E-state index contributed by atoms with van der Waals surface area (Å²) in [6.45, 7) is 0.467. The minimum absolute atomic E-state index is 0.0474. The summed E-state index contributed by atoms with van der Waals surface area (Å²) in [6.07, 6.45) is 1.35. The van der Waals surface area contributed by atoms with Gasteiger partial charge in [0.1, 0.15) is 11.6 Å². The molecule has 168 valence electrons. The molecule has 0 aliphatic carbocycles. The number of carbonyl (C=O) groups is 2. The number of ether oxygens (including phenoxy) is 1. The number of aromatic nitrogens is 2. The fraction of sp³-hybridized carbons (Fsp3) is 0.318. The zero-order chi connectivity index (χ0) is 23.2. The summed E-state index contributed by atoms with van der Waals surface area (Å²) >= 11 is 0. The van der Waals surface area contributed by atoms with Crippen LogP contribution in [0.2, 0.25) is 0 Å². The van der Waals surface area contributed by atoms with Crippen molar-refractivity contribution in [2.75, 3.05) is 12.0 Å². The van der Waals surface area contributed by atoms with Crippen molar-refractivity contribution in [2.45, 2.75) is 31.4 Å². The molecule has 0 saturated carbocycles. The summed E-state index contributed by atoms with van der Waals surface area (Å²) in [5.41, 5.74) is 1.30. The molecule has 0 bridgehead atoms. The van der Waals surface area contributed by atoms with Gasteiger partial charge in [0.05, 0.1) is 30.9 Å². The van der Waals surface area contributed by atoms with Gasteiger partial charge in [-0.3, -0.25) is 14.3 Å². The van der Waals surface area contributed by atoms with E-state index >= 15 is 0 Å². The van der Waals surface area contributed by atoms with Crippen LogP contribution in [-0.2, 0) is 16.6 Å². The summed E-state index contributed by atoms with van der Waals surface area (Å²) in [7, 11) is 3.18. The van der Waals surface area contributed by atoms with Crippen LogP contribution in [0.1, 0.15) is 24.9 Å². The molecule has 0 radical (unpaired) electrons. The number of anilines is 1. The van der Waals surface area contributed by atoms with Gasteiger partial charge in [-0.25, -0.2) is 4.39 Å². The molecule has 2 atom stereocenters. The third kappa shape index (κ3) is 3.76. The van der Waals surface area contributed by atoms with Crippen molar-refractivity contribution < 1.29 is 27.5 Å². The average molecular weight is 446 g/mol. The van der Waals surface area contributed by atoms with Gasteiger partial charge in [-0.2, -0.15) is 13.9 Å². The van der Waals surface area contributed by atoms with E-state index in [1.54, 1.807) is 36.1 Å².